The molecule has 18 heavy (non-hydrogen) atoms. The van der Waals surface area contributed by atoms with Gasteiger partial charge in [-0.1, -0.05) is 13.8 Å². The van der Waals surface area contributed by atoms with Gasteiger partial charge in [0.25, 0.3) is 0 Å². The van der Waals surface area contributed by atoms with Crippen LogP contribution < -0.4 is 5.32 Å². The normalized spacial score (nSPS) is 27.3. The molecule has 3 atom stereocenters. The topological polar surface area (TPSA) is 55.7 Å². The molecule has 0 aliphatic carbocycles. The highest BCUT2D eigenvalue weighted by Gasteiger charge is 2.27. The standard InChI is InChI=1S/C14H30N2O2/c1-3-5-15-13-8-12(9-14(18)4-2)10-16(11-13)6-7-17/h12-15,17-18H,3-11H2,1-2H3. The Balaban J connectivity index is 2.45. The van der Waals surface area contributed by atoms with Gasteiger partial charge in [-0.2, -0.15) is 0 Å². The number of nitrogens with zero attached hydrogens (tertiary/aromatic N) is 1. The van der Waals surface area contributed by atoms with Crippen molar-refractivity contribution in [2.75, 3.05) is 32.8 Å². The van der Waals surface area contributed by atoms with Crippen LogP contribution in [-0.4, -0.2) is 60.0 Å². The maximum absolute atomic E-state index is 9.80. The molecule has 3 unspecified atom stereocenters. The molecule has 0 amide bonds. The molecule has 0 spiro atoms. The Morgan fingerprint density at radius 3 is 2.72 bits per heavy atom. The van der Waals surface area contributed by atoms with Gasteiger partial charge in [0.05, 0.1) is 12.7 Å². The molecule has 1 aliphatic rings. The summed E-state index contributed by atoms with van der Waals surface area (Å²) in [5.74, 6) is 0.551. The van der Waals surface area contributed by atoms with Crippen LogP contribution in [0.5, 0.6) is 0 Å². The summed E-state index contributed by atoms with van der Waals surface area (Å²) in [5.41, 5.74) is 0. The smallest absolute Gasteiger partial charge is 0.0558 e. The summed E-state index contributed by atoms with van der Waals surface area (Å²) in [4.78, 5) is 2.32. The summed E-state index contributed by atoms with van der Waals surface area (Å²) in [6, 6.07) is 0.513. The van der Waals surface area contributed by atoms with Gasteiger partial charge < -0.3 is 15.5 Å². The van der Waals surface area contributed by atoms with Crippen molar-refractivity contribution in [2.24, 2.45) is 5.92 Å². The van der Waals surface area contributed by atoms with Crippen LogP contribution in [0.25, 0.3) is 0 Å². The van der Waals surface area contributed by atoms with Crippen molar-refractivity contribution >= 4 is 0 Å². The Hall–Kier alpha value is -0.160. The minimum Gasteiger partial charge on any atom is -0.395 e. The zero-order chi connectivity index (χ0) is 13.4. The molecule has 0 aromatic heterocycles. The van der Waals surface area contributed by atoms with E-state index in [1.54, 1.807) is 0 Å². The fraction of sp³-hybridized carbons (Fsp3) is 1.00. The first-order valence-electron chi connectivity index (χ1n) is 7.44. The molecule has 3 N–H and O–H groups in total. The van der Waals surface area contributed by atoms with E-state index >= 15 is 0 Å². The molecular formula is C14H30N2O2. The average Bonchev–Trinajstić information content (AvgIpc) is 2.36. The lowest BCUT2D eigenvalue weighted by molar-refractivity contribution is 0.0748. The maximum Gasteiger partial charge on any atom is 0.0558 e. The van der Waals surface area contributed by atoms with Crippen LogP contribution in [0.4, 0.5) is 0 Å². The van der Waals surface area contributed by atoms with E-state index in [2.05, 4.69) is 17.1 Å². The molecular weight excluding hydrogens is 228 g/mol. The van der Waals surface area contributed by atoms with Gasteiger partial charge in [-0.25, -0.2) is 0 Å². The molecule has 108 valence electrons. The maximum atomic E-state index is 9.80. The van der Waals surface area contributed by atoms with E-state index in [9.17, 15) is 5.11 Å². The van der Waals surface area contributed by atoms with Crippen LogP contribution in [-0.2, 0) is 0 Å². The van der Waals surface area contributed by atoms with E-state index in [0.29, 0.717) is 12.0 Å². The summed E-state index contributed by atoms with van der Waals surface area (Å²) in [7, 11) is 0. The number of aliphatic hydroxyl groups is 2. The predicted molar refractivity (Wildman–Crippen MR) is 74.6 cm³/mol. The minimum atomic E-state index is -0.170. The van der Waals surface area contributed by atoms with E-state index in [1.165, 1.54) is 0 Å². The van der Waals surface area contributed by atoms with Crippen molar-refractivity contribution in [1.29, 1.82) is 0 Å². The van der Waals surface area contributed by atoms with Crippen molar-refractivity contribution in [3.05, 3.63) is 0 Å². The first-order chi connectivity index (χ1) is 8.69. The first-order valence-corrected chi connectivity index (χ1v) is 7.44. The molecule has 0 aromatic rings. The second-order valence-electron chi connectivity index (χ2n) is 5.53. The summed E-state index contributed by atoms with van der Waals surface area (Å²) >= 11 is 0. The number of hydrogen-bond acceptors (Lipinski definition) is 4. The Kier molecular flexibility index (Phi) is 7.82. The molecule has 1 rings (SSSR count). The van der Waals surface area contributed by atoms with Gasteiger partial charge in [-0.15, -0.1) is 0 Å². The number of hydrogen-bond donors (Lipinski definition) is 3. The number of aliphatic hydroxyl groups excluding tert-OH is 2. The molecule has 0 saturated carbocycles. The Labute approximate surface area is 111 Å². The monoisotopic (exact) mass is 258 g/mol. The molecule has 1 saturated heterocycles. The summed E-state index contributed by atoms with van der Waals surface area (Å²) < 4.78 is 0. The molecule has 1 aliphatic heterocycles. The Morgan fingerprint density at radius 2 is 2.11 bits per heavy atom. The van der Waals surface area contributed by atoms with E-state index in [1.807, 2.05) is 6.92 Å². The van der Waals surface area contributed by atoms with Crippen molar-refractivity contribution in [3.63, 3.8) is 0 Å². The highest BCUT2D eigenvalue weighted by atomic mass is 16.3. The third-order valence-corrected chi connectivity index (χ3v) is 3.79. The second kappa shape index (κ2) is 8.86. The second-order valence-corrected chi connectivity index (χ2v) is 5.53. The van der Waals surface area contributed by atoms with Crippen LogP contribution >= 0.6 is 0 Å². The zero-order valence-corrected chi connectivity index (χ0v) is 11.9. The van der Waals surface area contributed by atoms with Crippen molar-refractivity contribution in [3.8, 4) is 0 Å². The van der Waals surface area contributed by atoms with Gasteiger partial charge in [-0.3, -0.25) is 4.90 Å². The van der Waals surface area contributed by atoms with Crippen LogP contribution in [0.3, 0.4) is 0 Å². The number of nitrogens with one attached hydrogen (secondary N) is 1. The lowest BCUT2D eigenvalue weighted by atomic mass is 9.89. The van der Waals surface area contributed by atoms with E-state index in [-0.39, 0.29) is 12.7 Å². The van der Waals surface area contributed by atoms with Crippen LogP contribution in [0.2, 0.25) is 0 Å². The van der Waals surface area contributed by atoms with Gasteiger partial charge in [-0.05, 0) is 38.1 Å². The molecule has 0 bridgehead atoms. The fourth-order valence-electron chi connectivity index (χ4n) is 2.85. The number of β-amino-alcohol motifs (C(OH)–C–C–N with tert-alkyl or cyclic N) is 1. The number of rotatable bonds is 8. The molecule has 1 heterocycles. The van der Waals surface area contributed by atoms with Gasteiger partial charge in [0.1, 0.15) is 0 Å². The Morgan fingerprint density at radius 1 is 1.33 bits per heavy atom. The molecule has 4 nitrogen and oxygen atoms in total. The third-order valence-electron chi connectivity index (χ3n) is 3.79. The fourth-order valence-corrected chi connectivity index (χ4v) is 2.85. The van der Waals surface area contributed by atoms with Crippen LogP contribution in [0, 0.1) is 5.92 Å². The summed E-state index contributed by atoms with van der Waals surface area (Å²) in [6.07, 6.45) is 3.86. The van der Waals surface area contributed by atoms with Gasteiger partial charge in [0.2, 0.25) is 0 Å². The third kappa shape index (κ3) is 5.65. The van der Waals surface area contributed by atoms with Gasteiger partial charge in [0, 0.05) is 25.7 Å². The number of piperidine rings is 1. The number of likely N-dealkylation sites (tertiary alicyclic amines) is 1. The molecule has 0 radical (unpaired) electrons. The summed E-state index contributed by atoms with van der Waals surface area (Å²) in [5, 5.41) is 22.5. The lowest BCUT2D eigenvalue weighted by Gasteiger charge is -2.38. The first kappa shape index (κ1) is 15.9. The predicted octanol–water partition coefficient (Wildman–Crippen LogP) is 0.830. The zero-order valence-electron chi connectivity index (χ0n) is 11.9. The van der Waals surface area contributed by atoms with Crippen LogP contribution in [0.15, 0.2) is 0 Å². The molecule has 4 heteroatoms. The quantitative estimate of drug-likeness (QED) is 0.604. The van der Waals surface area contributed by atoms with Crippen molar-refractivity contribution < 1.29 is 10.2 Å². The highest BCUT2D eigenvalue weighted by molar-refractivity contribution is 4.84. The average molecular weight is 258 g/mol. The van der Waals surface area contributed by atoms with Gasteiger partial charge in [0.15, 0.2) is 0 Å². The minimum absolute atomic E-state index is 0.170. The molecule has 0 aromatic carbocycles. The SMILES string of the molecule is CCCNC1CC(CC(O)CC)CN(CCO)C1. The largest absolute Gasteiger partial charge is 0.395 e. The van der Waals surface area contributed by atoms with E-state index in [4.69, 9.17) is 5.11 Å². The Bertz CT molecular complexity index is 214. The summed E-state index contributed by atoms with van der Waals surface area (Å²) in [6.45, 7) is 8.29. The van der Waals surface area contributed by atoms with Crippen LogP contribution in [0.1, 0.15) is 39.5 Å². The van der Waals surface area contributed by atoms with E-state index in [0.717, 1.165) is 51.9 Å². The lowest BCUT2D eigenvalue weighted by Crippen LogP contribution is -2.50. The van der Waals surface area contributed by atoms with E-state index < -0.39 is 0 Å². The molecule has 1 fully saturated rings. The van der Waals surface area contributed by atoms with Gasteiger partial charge >= 0.3 is 0 Å². The van der Waals surface area contributed by atoms with Crippen molar-refractivity contribution in [1.82, 2.24) is 10.2 Å². The van der Waals surface area contributed by atoms with Crippen molar-refractivity contribution in [2.45, 2.75) is 51.7 Å². The highest BCUT2D eigenvalue weighted by Crippen LogP contribution is 2.22.